The zero-order valence-electron chi connectivity index (χ0n) is 14.7. The molecule has 0 bridgehead atoms. The van der Waals surface area contributed by atoms with Crippen molar-refractivity contribution in [3.8, 4) is 11.5 Å². The average molecular weight is 412 g/mol. The first-order valence-corrected chi connectivity index (χ1v) is 9.93. The zero-order chi connectivity index (χ0) is 20.1. The molecule has 0 saturated heterocycles. The van der Waals surface area contributed by atoms with Crippen LogP contribution in [0.2, 0.25) is 0 Å². The highest BCUT2D eigenvalue weighted by Gasteiger charge is 2.21. The number of amides is 1. The number of fused-ring (bicyclic) bond motifs is 1. The Bertz CT molecular complexity index is 968. The molecule has 2 aromatic rings. The highest BCUT2D eigenvalue weighted by atomic mass is 32.2. The maximum atomic E-state index is 13.2. The van der Waals surface area contributed by atoms with E-state index in [-0.39, 0.29) is 32.2 Å². The Kier molecular flexibility index (Phi) is 6.10. The van der Waals surface area contributed by atoms with Gasteiger partial charge >= 0.3 is 0 Å². The van der Waals surface area contributed by atoms with Crippen LogP contribution in [0.4, 0.5) is 8.78 Å². The summed E-state index contributed by atoms with van der Waals surface area (Å²) in [7, 11) is -4.05. The van der Waals surface area contributed by atoms with Crippen LogP contribution >= 0.6 is 0 Å². The molecule has 0 saturated carbocycles. The topological polar surface area (TPSA) is 93.7 Å². The summed E-state index contributed by atoms with van der Waals surface area (Å²) >= 11 is 0. The monoisotopic (exact) mass is 412 g/mol. The first-order valence-electron chi connectivity index (χ1n) is 8.45. The molecule has 150 valence electrons. The van der Waals surface area contributed by atoms with Gasteiger partial charge in [0.25, 0.3) is 0 Å². The van der Waals surface area contributed by atoms with Gasteiger partial charge in [0.05, 0.1) is 11.4 Å². The summed E-state index contributed by atoms with van der Waals surface area (Å²) in [6, 6.07) is 9.42. The van der Waals surface area contributed by atoms with Gasteiger partial charge in [-0.3, -0.25) is 4.79 Å². The van der Waals surface area contributed by atoms with Crippen molar-refractivity contribution < 1.29 is 31.5 Å². The van der Waals surface area contributed by atoms with E-state index in [2.05, 4.69) is 10.0 Å². The van der Waals surface area contributed by atoms with Gasteiger partial charge in [0.15, 0.2) is 23.1 Å². The second-order valence-electron chi connectivity index (χ2n) is 6.03. The summed E-state index contributed by atoms with van der Waals surface area (Å²) < 4.78 is 63.5. The summed E-state index contributed by atoms with van der Waals surface area (Å²) in [6.07, 6.45) is -0.495. The number of nitrogens with one attached hydrogen (secondary N) is 2. The van der Waals surface area contributed by atoms with Crippen LogP contribution < -0.4 is 19.5 Å². The summed E-state index contributed by atoms with van der Waals surface area (Å²) in [5.74, 6) is -1.58. The van der Waals surface area contributed by atoms with Crippen molar-refractivity contribution in [2.75, 3.05) is 19.7 Å². The van der Waals surface area contributed by atoms with Crippen LogP contribution in [0.25, 0.3) is 0 Å². The number of halogens is 2. The van der Waals surface area contributed by atoms with Crippen molar-refractivity contribution in [1.29, 1.82) is 0 Å². The summed E-state index contributed by atoms with van der Waals surface area (Å²) in [5.41, 5.74) is 0. The molecule has 7 nitrogen and oxygen atoms in total. The number of rotatable bonds is 7. The zero-order valence-corrected chi connectivity index (χ0v) is 15.5. The van der Waals surface area contributed by atoms with Gasteiger partial charge in [-0.15, -0.1) is 0 Å². The van der Waals surface area contributed by atoms with E-state index in [1.165, 1.54) is 0 Å². The third kappa shape index (κ3) is 4.96. The fourth-order valence-corrected chi connectivity index (χ4v) is 3.55. The van der Waals surface area contributed by atoms with E-state index >= 15 is 0 Å². The van der Waals surface area contributed by atoms with Crippen molar-refractivity contribution in [3.05, 3.63) is 54.1 Å². The lowest BCUT2D eigenvalue weighted by Crippen LogP contribution is -2.41. The van der Waals surface area contributed by atoms with Crippen LogP contribution in [0.3, 0.4) is 0 Å². The Morgan fingerprint density at radius 3 is 2.61 bits per heavy atom. The van der Waals surface area contributed by atoms with Gasteiger partial charge < -0.3 is 14.8 Å². The van der Waals surface area contributed by atoms with Crippen molar-refractivity contribution in [3.63, 3.8) is 0 Å². The summed E-state index contributed by atoms with van der Waals surface area (Å²) in [6.45, 7) is 0.279. The molecular formula is C18H18F2N2O5S. The lowest BCUT2D eigenvalue weighted by atomic mass is 10.2. The third-order valence-electron chi connectivity index (χ3n) is 3.94. The SMILES string of the molecule is O=C(CCNS(=O)(=O)c1ccc(F)c(F)c1)NC[C@@H]1COc2ccccc2O1. The lowest BCUT2D eigenvalue weighted by molar-refractivity contribution is -0.121. The maximum Gasteiger partial charge on any atom is 0.240 e. The quantitative estimate of drug-likeness (QED) is 0.721. The number of para-hydroxylation sites is 2. The van der Waals surface area contributed by atoms with Gasteiger partial charge in [-0.25, -0.2) is 21.9 Å². The Labute approximate surface area is 160 Å². The molecule has 0 aromatic heterocycles. The molecule has 0 aliphatic carbocycles. The normalized spacial score (nSPS) is 15.9. The smallest absolute Gasteiger partial charge is 0.240 e. The molecule has 0 fully saturated rings. The average Bonchev–Trinajstić information content (AvgIpc) is 2.68. The molecule has 1 amide bonds. The minimum absolute atomic E-state index is 0.132. The highest BCUT2D eigenvalue weighted by molar-refractivity contribution is 7.89. The van der Waals surface area contributed by atoms with Crippen molar-refractivity contribution in [2.24, 2.45) is 0 Å². The number of hydrogen-bond acceptors (Lipinski definition) is 5. The van der Waals surface area contributed by atoms with Gasteiger partial charge in [0.1, 0.15) is 12.7 Å². The maximum absolute atomic E-state index is 13.2. The number of ether oxygens (including phenoxy) is 2. The first kappa shape index (κ1) is 20.0. The minimum atomic E-state index is -4.05. The molecule has 0 unspecified atom stereocenters. The number of carbonyl (C=O) groups excluding carboxylic acids is 1. The van der Waals surface area contributed by atoms with Gasteiger partial charge in [-0.1, -0.05) is 12.1 Å². The highest BCUT2D eigenvalue weighted by Crippen LogP contribution is 2.30. The van der Waals surface area contributed by atoms with E-state index in [9.17, 15) is 22.0 Å². The van der Waals surface area contributed by atoms with E-state index in [4.69, 9.17) is 9.47 Å². The molecule has 0 spiro atoms. The van der Waals surface area contributed by atoms with Crippen LogP contribution in [-0.2, 0) is 14.8 Å². The van der Waals surface area contributed by atoms with E-state index in [1.54, 1.807) is 12.1 Å². The van der Waals surface area contributed by atoms with Crippen LogP contribution in [0, 0.1) is 11.6 Å². The second-order valence-corrected chi connectivity index (χ2v) is 7.79. The summed E-state index contributed by atoms with van der Waals surface area (Å²) in [4.78, 5) is 11.5. The molecule has 1 aliphatic rings. The van der Waals surface area contributed by atoms with E-state index < -0.39 is 32.5 Å². The fourth-order valence-electron chi connectivity index (χ4n) is 2.51. The molecule has 3 rings (SSSR count). The molecule has 1 atom stereocenters. The molecular weight excluding hydrogens is 394 g/mol. The molecule has 10 heteroatoms. The van der Waals surface area contributed by atoms with Crippen LogP contribution in [0.5, 0.6) is 11.5 Å². The first-order chi connectivity index (χ1) is 13.3. The lowest BCUT2D eigenvalue weighted by Gasteiger charge is -2.26. The Hall–Kier alpha value is -2.72. The molecule has 1 heterocycles. The predicted octanol–water partition coefficient (Wildman–Crippen LogP) is 1.59. The van der Waals surface area contributed by atoms with Crippen molar-refractivity contribution >= 4 is 15.9 Å². The van der Waals surface area contributed by atoms with E-state index in [0.29, 0.717) is 17.6 Å². The number of carbonyl (C=O) groups is 1. The largest absolute Gasteiger partial charge is 0.486 e. The number of hydrogen-bond donors (Lipinski definition) is 2. The standard InChI is InChI=1S/C18H18F2N2O5S/c19-14-6-5-13(9-15(14)20)28(24,25)22-8-7-18(23)21-10-12-11-26-16-3-1-2-4-17(16)27-12/h1-6,9,12,22H,7-8,10-11H2,(H,21,23)/t12-/m1/s1. The molecule has 28 heavy (non-hydrogen) atoms. The Morgan fingerprint density at radius 2 is 1.86 bits per heavy atom. The van der Waals surface area contributed by atoms with E-state index in [1.807, 2.05) is 12.1 Å². The third-order valence-corrected chi connectivity index (χ3v) is 5.40. The van der Waals surface area contributed by atoms with Crippen molar-refractivity contribution in [1.82, 2.24) is 10.0 Å². The second kappa shape index (κ2) is 8.53. The van der Waals surface area contributed by atoms with Crippen LogP contribution in [0.1, 0.15) is 6.42 Å². The number of sulfonamides is 1. The van der Waals surface area contributed by atoms with Crippen molar-refractivity contribution in [2.45, 2.75) is 17.4 Å². The van der Waals surface area contributed by atoms with E-state index in [0.717, 1.165) is 12.1 Å². The van der Waals surface area contributed by atoms with Gasteiger partial charge in [0, 0.05) is 13.0 Å². The minimum Gasteiger partial charge on any atom is -0.486 e. The predicted molar refractivity (Wildman–Crippen MR) is 95.5 cm³/mol. The van der Waals surface area contributed by atoms with Gasteiger partial charge in [0.2, 0.25) is 15.9 Å². The van der Waals surface area contributed by atoms with Crippen LogP contribution in [-0.4, -0.2) is 40.1 Å². The number of benzene rings is 2. The molecule has 2 N–H and O–H groups in total. The Balaban J connectivity index is 1.43. The van der Waals surface area contributed by atoms with Gasteiger partial charge in [-0.2, -0.15) is 0 Å². The van der Waals surface area contributed by atoms with Gasteiger partial charge in [-0.05, 0) is 30.3 Å². The molecule has 0 radical (unpaired) electrons. The van der Waals surface area contributed by atoms with Crippen LogP contribution in [0.15, 0.2) is 47.4 Å². The molecule has 2 aromatic carbocycles. The molecule has 1 aliphatic heterocycles. The Morgan fingerprint density at radius 1 is 1.11 bits per heavy atom. The summed E-state index contributed by atoms with van der Waals surface area (Å²) in [5, 5.41) is 2.64. The fraction of sp³-hybridized carbons (Fsp3) is 0.278.